The van der Waals surface area contributed by atoms with Gasteiger partial charge in [-0.2, -0.15) is 0 Å². The number of hydroxylamine groups is 2. The van der Waals surface area contributed by atoms with Crippen LogP contribution < -0.4 is 0 Å². The molecule has 1 fully saturated rings. The van der Waals surface area contributed by atoms with Crippen LogP contribution in [0.2, 0.25) is 0 Å². The highest BCUT2D eigenvalue weighted by molar-refractivity contribution is 5.77. The van der Waals surface area contributed by atoms with E-state index in [9.17, 15) is 4.79 Å². The van der Waals surface area contributed by atoms with Crippen molar-refractivity contribution >= 4 is 5.91 Å². The molecule has 0 radical (unpaired) electrons. The van der Waals surface area contributed by atoms with Crippen molar-refractivity contribution in [3.05, 3.63) is 35.9 Å². The number of carbonyl (C=O) groups excluding carboxylic acids is 1. The maximum atomic E-state index is 11.3. The Balaban J connectivity index is 1.94. The first-order valence-corrected chi connectivity index (χ1v) is 3.99. The highest BCUT2D eigenvalue weighted by Crippen LogP contribution is 2.08. The number of hydrogen-bond acceptors (Lipinski definition) is 3. The summed E-state index contributed by atoms with van der Waals surface area (Å²) in [6, 6.07) is 9.46. The van der Waals surface area contributed by atoms with E-state index in [1.807, 2.05) is 30.3 Å². The Morgan fingerprint density at radius 1 is 1.31 bits per heavy atom. The van der Waals surface area contributed by atoms with Crippen LogP contribution >= 0.6 is 0 Å². The zero-order chi connectivity index (χ0) is 9.10. The molecule has 0 unspecified atom stereocenters. The first kappa shape index (κ1) is 8.22. The molecule has 1 amide bonds. The van der Waals surface area contributed by atoms with E-state index in [0.717, 1.165) is 10.8 Å². The van der Waals surface area contributed by atoms with Crippen molar-refractivity contribution in [2.45, 2.75) is 6.42 Å². The number of benzene rings is 1. The molecule has 1 aliphatic heterocycles. The van der Waals surface area contributed by atoms with Crippen LogP contribution in [0.3, 0.4) is 0 Å². The zero-order valence-electron chi connectivity index (χ0n) is 6.97. The molecule has 13 heavy (non-hydrogen) atoms. The van der Waals surface area contributed by atoms with Gasteiger partial charge in [-0.05, 0) is 5.56 Å². The lowest BCUT2D eigenvalue weighted by Gasteiger charge is -2.27. The van der Waals surface area contributed by atoms with Gasteiger partial charge in [-0.1, -0.05) is 35.6 Å². The Hall–Kier alpha value is -1.39. The van der Waals surface area contributed by atoms with Crippen molar-refractivity contribution < 1.29 is 14.5 Å². The van der Waals surface area contributed by atoms with Gasteiger partial charge < -0.3 is 0 Å². The van der Waals surface area contributed by atoms with Crippen LogP contribution in [0.15, 0.2) is 30.3 Å². The third-order valence-electron chi connectivity index (χ3n) is 1.74. The predicted octanol–water partition coefficient (Wildman–Crippen LogP) is 0.892. The minimum absolute atomic E-state index is 0.167. The lowest BCUT2D eigenvalue weighted by atomic mass is 10.1. The molecule has 4 heteroatoms. The molecular formula is C9H9NO3. The minimum atomic E-state index is -0.183. The number of rotatable bonds is 2. The molecule has 0 aliphatic carbocycles. The van der Waals surface area contributed by atoms with Gasteiger partial charge in [-0.3, -0.25) is 4.79 Å². The van der Waals surface area contributed by atoms with Gasteiger partial charge in [0, 0.05) is 0 Å². The van der Waals surface area contributed by atoms with Gasteiger partial charge in [0.2, 0.25) is 6.79 Å². The number of hydrogen-bond donors (Lipinski definition) is 0. The van der Waals surface area contributed by atoms with Gasteiger partial charge in [0.1, 0.15) is 0 Å². The normalized spacial score (nSPS) is 15.2. The highest BCUT2D eigenvalue weighted by atomic mass is 17.1. The Morgan fingerprint density at radius 3 is 2.54 bits per heavy atom. The second-order valence-electron chi connectivity index (χ2n) is 2.69. The third-order valence-corrected chi connectivity index (χ3v) is 1.74. The fourth-order valence-electron chi connectivity index (χ4n) is 1.08. The lowest BCUT2D eigenvalue weighted by Crippen LogP contribution is -2.42. The Bertz CT molecular complexity index is 295. The SMILES string of the molecule is O=C(Cc1ccccc1)N1OCO1. The standard InChI is InChI=1S/C9H9NO3/c11-9(10-12-7-13-10)6-8-4-2-1-3-5-8/h1-5H,6-7H2. The summed E-state index contributed by atoms with van der Waals surface area (Å²) in [5.74, 6) is -0.183. The summed E-state index contributed by atoms with van der Waals surface area (Å²) in [7, 11) is 0. The lowest BCUT2D eigenvalue weighted by molar-refractivity contribution is -0.489. The summed E-state index contributed by atoms with van der Waals surface area (Å²) in [6.45, 7) is 0.167. The Labute approximate surface area is 75.6 Å². The largest absolute Gasteiger partial charge is 0.278 e. The molecule has 0 bridgehead atoms. The van der Waals surface area contributed by atoms with Crippen molar-refractivity contribution in [3.8, 4) is 0 Å². The molecule has 0 atom stereocenters. The van der Waals surface area contributed by atoms with E-state index in [-0.39, 0.29) is 12.7 Å². The average molecular weight is 179 g/mol. The van der Waals surface area contributed by atoms with E-state index in [1.54, 1.807) is 0 Å². The fourth-order valence-corrected chi connectivity index (χ4v) is 1.08. The summed E-state index contributed by atoms with van der Waals surface area (Å²) in [5, 5.41) is 0.910. The topological polar surface area (TPSA) is 38.8 Å². The molecule has 0 aromatic heterocycles. The molecule has 0 saturated carbocycles. The van der Waals surface area contributed by atoms with Gasteiger partial charge in [-0.15, -0.1) is 0 Å². The van der Waals surface area contributed by atoms with Crippen LogP contribution in [0.4, 0.5) is 0 Å². The molecular weight excluding hydrogens is 170 g/mol. The molecule has 2 rings (SSSR count). The van der Waals surface area contributed by atoms with Gasteiger partial charge in [-0.25, -0.2) is 9.68 Å². The van der Waals surface area contributed by atoms with Crippen molar-refractivity contribution in [1.82, 2.24) is 5.23 Å². The van der Waals surface area contributed by atoms with E-state index >= 15 is 0 Å². The summed E-state index contributed by atoms with van der Waals surface area (Å²) >= 11 is 0. The van der Waals surface area contributed by atoms with Crippen LogP contribution in [-0.4, -0.2) is 17.9 Å². The second-order valence-corrected chi connectivity index (χ2v) is 2.69. The highest BCUT2D eigenvalue weighted by Gasteiger charge is 2.23. The molecule has 1 heterocycles. The Morgan fingerprint density at radius 2 is 2.00 bits per heavy atom. The minimum Gasteiger partial charge on any atom is -0.270 e. The summed E-state index contributed by atoms with van der Waals surface area (Å²) in [4.78, 5) is 20.7. The number of carbonyl (C=O) groups is 1. The molecule has 0 N–H and O–H groups in total. The van der Waals surface area contributed by atoms with Crippen LogP contribution in [-0.2, 0) is 20.9 Å². The molecule has 1 saturated heterocycles. The van der Waals surface area contributed by atoms with Crippen molar-refractivity contribution in [2.24, 2.45) is 0 Å². The predicted molar refractivity (Wildman–Crippen MR) is 44.0 cm³/mol. The van der Waals surface area contributed by atoms with E-state index in [2.05, 4.69) is 0 Å². The van der Waals surface area contributed by atoms with Crippen LogP contribution in [0.5, 0.6) is 0 Å². The number of nitrogens with zero attached hydrogens (tertiary/aromatic N) is 1. The summed E-state index contributed by atoms with van der Waals surface area (Å²) in [6.07, 6.45) is 0.306. The average Bonchev–Trinajstić information content (AvgIpc) is 2.02. The monoisotopic (exact) mass is 179 g/mol. The van der Waals surface area contributed by atoms with Crippen LogP contribution in [0.25, 0.3) is 0 Å². The maximum absolute atomic E-state index is 11.3. The quantitative estimate of drug-likeness (QED) is 0.676. The summed E-state index contributed by atoms with van der Waals surface area (Å²) < 4.78 is 0. The molecule has 1 aromatic rings. The molecule has 1 aromatic carbocycles. The molecule has 0 spiro atoms. The van der Waals surface area contributed by atoms with E-state index in [4.69, 9.17) is 9.68 Å². The van der Waals surface area contributed by atoms with Crippen molar-refractivity contribution in [2.75, 3.05) is 6.79 Å². The zero-order valence-corrected chi connectivity index (χ0v) is 6.97. The van der Waals surface area contributed by atoms with E-state index in [1.165, 1.54) is 0 Å². The van der Waals surface area contributed by atoms with Crippen LogP contribution in [0.1, 0.15) is 5.56 Å². The summed E-state index contributed by atoms with van der Waals surface area (Å²) in [5.41, 5.74) is 0.951. The fraction of sp³-hybridized carbons (Fsp3) is 0.222. The first-order chi connectivity index (χ1) is 6.36. The van der Waals surface area contributed by atoms with Crippen molar-refractivity contribution in [3.63, 3.8) is 0 Å². The van der Waals surface area contributed by atoms with Gasteiger partial charge in [0.15, 0.2) is 0 Å². The molecule has 1 aliphatic rings. The second kappa shape index (κ2) is 3.55. The maximum Gasteiger partial charge on any atom is 0.278 e. The van der Waals surface area contributed by atoms with Crippen molar-refractivity contribution in [1.29, 1.82) is 0 Å². The Kier molecular flexibility index (Phi) is 2.25. The van der Waals surface area contributed by atoms with Gasteiger partial charge in [0.05, 0.1) is 6.42 Å². The smallest absolute Gasteiger partial charge is 0.270 e. The van der Waals surface area contributed by atoms with Crippen LogP contribution in [0, 0.1) is 0 Å². The number of amides is 1. The third kappa shape index (κ3) is 1.85. The van der Waals surface area contributed by atoms with Gasteiger partial charge in [0.25, 0.3) is 5.91 Å². The molecule has 4 nitrogen and oxygen atoms in total. The van der Waals surface area contributed by atoms with E-state index < -0.39 is 0 Å². The molecule has 68 valence electrons. The van der Waals surface area contributed by atoms with Gasteiger partial charge >= 0.3 is 0 Å². The first-order valence-electron chi connectivity index (χ1n) is 3.99. The van der Waals surface area contributed by atoms with E-state index in [0.29, 0.717) is 6.42 Å².